The molecule has 2 aromatic carbocycles. The minimum Gasteiger partial charge on any atom is -0.478 e. The van der Waals surface area contributed by atoms with Crippen molar-refractivity contribution in [2.75, 3.05) is 6.61 Å². The van der Waals surface area contributed by atoms with Crippen LogP contribution in [0.2, 0.25) is 0 Å². The summed E-state index contributed by atoms with van der Waals surface area (Å²) >= 11 is 1.74. The van der Waals surface area contributed by atoms with E-state index in [-0.39, 0.29) is 52.7 Å². The molecule has 0 heterocycles. The number of para-hydroxylation sites is 1. The fourth-order valence-corrected chi connectivity index (χ4v) is 6.75. The maximum absolute atomic E-state index is 13.2. The van der Waals surface area contributed by atoms with Gasteiger partial charge in [0.15, 0.2) is 5.78 Å². The quantitative estimate of drug-likeness (QED) is 0.279. The predicted octanol–water partition coefficient (Wildman–Crippen LogP) is 6.93. The Hall–Kier alpha value is -2.98. The van der Waals surface area contributed by atoms with Crippen LogP contribution in [0.4, 0.5) is 13.2 Å². The lowest BCUT2D eigenvalue weighted by molar-refractivity contribution is -0.274. The standard InChI is InChI=1S/C30H34F3NO5S/c1-3-18-15-21(14-17(2)28(18)40-22-12-10-20(11-13-22)29(36)37)38-16-24(27(35)19-8-9-19)26(34)23-6-4-5-7-25(23)39-30(31,32)33/h4-7,10-13,17-19,21,28H,3,8-9,14-16,34H2,1-2H3,(H,36,37)/b26-24-. The maximum Gasteiger partial charge on any atom is 0.573 e. The van der Waals surface area contributed by atoms with Crippen molar-refractivity contribution < 1.29 is 37.3 Å². The smallest absolute Gasteiger partial charge is 0.478 e. The number of aromatic carboxylic acids is 1. The summed E-state index contributed by atoms with van der Waals surface area (Å²) in [5.74, 6) is -1.19. The van der Waals surface area contributed by atoms with Crippen molar-refractivity contribution in [2.24, 2.45) is 23.5 Å². The van der Waals surface area contributed by atoms with Crippen molar-refractivity contribution in [3.8, 4) is 5.75 Å². The molecule has 10 heteroatoms. The van der Waals surface area contributed by atoms with Gasteiger partial charge in [0.05, 0.1) is 24.0 Å². The average molecular weight is 578 g/mol. The molecule has 4 atom stereocenters. The highest BCUT2D eigenvalue weighted by Gasteiger charge is 2.38. The SMILES string of the molecule is CCC1CC(OC/C(C(=O)C2CC2)=C(/N)c2ccccc2OC(F)(F)F)CC(C)C1Sc1ccc(C(=O)O)cc1. The third-order valence-electron chi connectivity index (χ3n) is 7.56. The monoisotopic (exact) mass is 577 g/mol. The first-order chi connectivity index (χ1) is 19.0. The molecule has 2 aliphatic rings. The Morgan fingerprint density at radius 1 is 1.07 bits per heavy atom. The zero-order valence-corrected chi connectivity index (χ0v) is 23.3. The topological polar surface area (TPSA) is 98.9 Å². The van der Waals surface area contributed by atoms with E-state index in [4.69, 9.17) is 15.6 Å². The Labute approximate surface area is 236 Å². The van der Waals surface area contributed by atoms with E-state index in [0.29, 0.717) is 11.2 Å². The van der Waals surface area contributed by atoms with Crippen molar-refractivity contribution in [1.29, 1.82) is 0 Å². The summed E-state index contributed by atoms with van der Waals surface area (Å²) in [4.78, 5) is 25.4. The summed E-state index contributed by atoms with van der Waals surface area (Å²) in [5.41, 5.74) is 6.75. The second-order valence-corrected chi connectivity index (χ2v) is 11.8. The number of hydrogen-bond acceptors (Lipinski definition) is 6. The van der Waals surface area contributed by atoms with Crippen LogP contribution in [-0.4, -0.2) is 41.2 Å². The maximum atomic E-state index is 13.2. The summed E-state index contributed by atoms with van der Waals surface area (Å²) in [6.07, 6.45) is -1.15. The third-order valence-corrected chi connectivity index (χ3v) is 9.23. The van der Waals surface area contributed by atoms with E-state index in [1.54, 1.807) is 30.0 Å². The first-order valence-electron chi connectivity index (χ1n) is 13.5. The van der Waals surface area contributed by atoms with Crippen LogP contribution in [0.25, 0.3) is 5.70 Å². The molecule has 0 spiro atoms. The van der Waals surface area contributed by atoms with Gasteiger partial charge in [0.25, 0.3) is 0 Å². The molecule has 6 nitrogen and oxygen atoms in total. The number of halogens is 3. The number of nitrogens with two attached hydrogens (primary N) is 1. The lowest BCUT2D eigenvalue weighted by atomic mass is 9.79. The highest BCUT2D eigenvalue weighted by molar-refractivity contribution is 8.00. The van der Waals surface area contributed by atoms with Gasteiger partial charge in [0.1, 0.15) is 5.75 Å². The van der Waals surface area contributed by atoms with Crippen LogP contribution in [-0.2, 0) is 9.53 Å². The van der Waals surface area contributed by atoms with Gasteiger partial charge in [-0.25, -0.2) is 4.79 Å². The van der Waals surface area contributed by atoms with E-state index < -0.39 is 18.1 Å². The van der Waals surface area contributed by atoms with Gasteiger partial charge >= 0.3 is 12.3 Å². The minimum absolute atomic E-state index is 0.0150. The molecule has 3 N–H and O–H groups in total. The number of hydrogen-bond donors (Lipinski definition) is 2. The zero-order chi connectivity index (χ0) is 29.0. The van der Waals surface area contributed by atoms with Crippen LogP contribution in [0.1, 0.15) is 61.9 Å². The van der Waals surface area contributed by atoms with Crippen LogP contribution in [0.15, 0.2) is 59.0 Å². The molecule has 216 valence electrons. The molecular formula is C30H34F3NO5S. The summed E-state index contributed by atoms with van der Waals surface area (Å²) in [6, 6.07) is 12.4. The van der Waals surface area contributed by atoms with Crippen molar-refractivity contribution in [3.63, 3.8) is 0 Å². The number of ketones is 1. The van der Waals surface area contributed by atoms with Crippen molar-refractivity contribution in [3.05, 3.63) is 65.2 Å². The number of benzene rings is 2. The lowest BCUT2D eigenvalue weighted by Gasteiger charge is -2.40. The number of alkyl halides is 3. The van der Waals surface area contributed by atoms with Gasteiger partial charge < -0.3 is 20.3 Å². The predicted molar refractivity (Wildman–Crippen MR) is 147 cm³/mol. The number of carboxylic acids is 1. The molecular weight excluding hydrogens is 543 g/mol. The van der Waals surface area contributed by atoms with E-state index in [0.717, 1.165) is 37.0 Å². The Kier molecular flexibility index (Phi) is 9.51. The summed E-state index contributed by atoms with van der Waals surface area (Å²) < 4.78 is 49.5. The van der Waals surface area contributed by atoms with Gasteiger partial charge in [-0.05, 0) is 73.9 Å². The largest absolute Gasteiger partial charge is 0.573 e. The molecule has 2 saturated carbocycles. The molecule has 0 bridgehead atoms. The van der Waals surface area contributed by atoms with Crippen LogP contribution in [0, 0.1) is 17.8 Å². The molecule has 0 saturated heterocycles. The molecule has 0 aliphatic heterocycles. The van der Waals surface area contributed by atoms with Crippen molar-refractivity contribution >= 4 is 29.2 Å². The highest BCUT2D eigenvalue weighted by atomic mass is 32.2. The van der Waals surface area contributed by atoms with E-state index >= 15 is 0 Å². The summed E-state index contributed by atoms with van der Waals surface area (Å²) in [7, 11) is 0. The molecule has 2 aliphatic carbocycles. The molecule has 4 unspecified atom stereocenters. The molecule has 0 aromatic heterocycles. The second-order valence-electron chi connectivity index (χ2n) is 10.5. The van der Waals surface area contributed by atoms with Crippen LogP contribution >= 0.6 is 11.8 Å². The fourth-order valence-electron chi connectivity index (χ4n) is 5.30. The number of carbonyl (C=O) groups is 2. The fraction of sp³-hybridized carbons (Fsp3) is 0.467. The number of rotatable bonds is 11. The van der Waals surface area contributed by atoms with E-state index in [2.05, 4.69) is 18.6 Å². The molecule has 0 amide bonds. The lowest BCUT2D eigenvalue weighted by Crippen LogP contribution is -2.37. The average Bonchev–Trinajstić information content (AvgIpc) is 3.75. The molecule has 4 rings (SSSR count). The van der Waals surface area contributed by atoms with Crippen molar-refractivity contribution in [1.82, 2.24) is 0 Å². The first-order valence-corrected chi connectivity index (χ1v) is 14.3. The van der Waals surface area contributed by atoms with Gasteiger partial charge in [-0.1, -0.05) is 32.4 Å². The molecule has 2 aromatic rings. The zero-order valence-electron chi connectivity index (χ0n) is 22.4. The van der Waals surface area contributed by atoms with Crippen molar-refractivity contribution in [2.45, 2.75) is 68.6 Å². The van der Waals surface area contributed by atoms with Gasteiger partial charge in [0.2, 0.25) is 0 Å². The van der Waals surface area contributed by atoms with E-state index in [1.165, 1.54) is 18.2 Å². The second kappa shape index (κ2) is 12.7. The number of Topliss-reactive ketones (excluding diaryl/α,β-unsaturated/α-hetero) is 1. The van der Waals surface area contributed by atoms with Gasteiger partial charge in [0, 0.05) is 27.2 Å². The molecule has 0 radical (unpaired) electrons. The molecule has 40 heavy (non-hydrogen) atoms. The van der Waals surface area contributed by atoms with Crippen LogP contribution < -0.4 is 10.5 Å². The normalized spacial score (nSPS) is 23.8. The molecule has 2 fully saturated rings. The van der Waals surface area contributed by atoms with Crippen LogP contribution in [0.5, 0.6) is 5.75 Å². The minimum atomic E-state index is -4.90. The Balaban J connectivity index is 1.49. The first kappa shape index (κ1) is 30.0. The Bertz CT molecular complexity index is 1240. The number of thioether (sulfide) groups is 1. The van der Waals surface area contributed by atoms with Gasteiger partial charge in [-0.3, -0.25) is 4.79 Å². The summed E-state index contributed by atoms with van der Waals surface area (Å²) in [5, 5.41) is 9.46. The Morgan fingerprint density at radius 3 is 2.35 bits per heavy atom. The number of carboxylic acid groups (broad SMARTS) is 1. The highest BCUT2D eigenvalue weighted by Crippen LogP contribution is 2.44. The Morgan fingerprint density at radius 2 is 1.75 bits per heavy atom. The summed E-state index contributed by atoms with van der Waals surface area (Å²) in [6.45, 7) is 4.20. The van der Waals surface area contributed by atoms with Crippen LogP contribution in [0.3, 0.4) is 0 Å². The van der Waals surface area contributed by atoms with Gasteiger partial charge in [-0.15, -0.1) is 24.9 Å². The van der Waals surface area contributed by atoms with E-state index in [9.17, 15) is 22.8 Å². The van der Waals surface area contributed by atoms with E-state index in [1.807, 2.05) is 12.1 Å². The van der Waals surface area contributed by atoms with Gasteiger partial charge in [-0.2, -0.15) is 0 Å². The number of ether oxygens (including phenoxy) is 2. The third kappa shape index (κ3) is 7.60. The number of carbonyl (C=O) groups excluding carboxylic acids is 1.